The van der Waals surface area contributed by atoms with E-state index in [1.165, 1.54) is 17.5 Å². The minimum atomic E-state index is -3.91. The molecular formula is C19H21NO6S. The summed E-state index contributed by atoms with van der Waals surface area (Å²) in [5.41, 5.74) is 1.09. The number of fused-ring (bicyclic) bond motifs is 1. The molecule has 0 bridgehead atoms. The van der Waals surface area contributed by atoms with Crippen LogP contribution in [0.5, 0.6) is 11.5 Å². The fourth-order valence-electron chi connectivity index (χ4n) is 2.91. The van der Waals surface area contributed by atoms with E-state index in [4.69, 9.17) is 14.2 Å². The number of hydrogen-bond acceptors (Lipinski definition) is 6. The molecule has 0 spiro atoms. The third-order valence-electron chi connectivity index (χ3n) is 4.23. The summed E-state index contributed by atoms with van der Waals surface area (Å²) in [5, 5.41) is 0. The van der Waals surface area contributed by atoms with Gasteiger partial charge in [0.2, 0.25) is 6.10 Å². The molecular weight excluding hydrogens is 370 g/mol. The summed E-state index contributed by atoms with van der Waals surface area (Å²) in [6.07, 6.45) is -1.04. The Morgan fingerprint density at radius 3 is 2.67 bits per heavy atom. The van der Waals surface area contributed by atoms with Crippen LogP contribution < -0.4 is 13.8 Å². The van der Waals surface area contributed by atoms with Crippen molar-refractivity contribution in [3.05, 3.63) is 48.0 Å². The highest BCUT2D eigenvalue weighted by Crippen LogP contribution is 2.37. The summed E-state index contributed by atoms with van der Waals surface area (Å²) in [6.45, 7) is 3.97. The van der Waals surface area contributed by atoms with Crippen LogP contribution in [0, 0.1) is 6.92 Å². The Hall–Kier alpha value is -2.74. The molecule has 0 N–H and O–H groups in total. The second-order valence-electron chi connectivity index (χ2n) is 5.99. The molecule has 8 heteroatoms. The maximum absolute atomic E-state index is 13.3. The molecule has 0 aromatic heterocycles. The number of hydrogen-bond donors (Lipinski definition) is 0. The van der Waals surface area contributed by atoms with Gasteiger partial charge in [0.05, 0.1) is 30.8 Å². The average Bonchev–Trinajstić information content (AvgIpc) is 2.68. The van der Waals surface area contributed by atoms with Crippen molar-refractivity contribution >= 4 is 21.7 Å². The molecule has 0 saturated heterocycles. The lowest BCUT2D eigenvalue weighted by Crippen LogP contribution is -2.47. The third-order valence-corrected chi connectivity index (χ3v) is 6.01. The first-order chi connectivity index (χ1) is 12.9. The van der Waals surface area contributed by atoms with Crippen molar-refractivity contribution in [1.82, 2.24) is 0 Å². The first-order valence-electron chi connectivity index (χ1n) is 8.48. The molecule has 0 amide bonds. The molecule has 0 fully saturated rings. The Morgan fingerprint density at radius 1 is 1.26 bits per heavy atom. The average molecular weight is 391 g/mol. The quantitative estimate of drug-likeness (QED) is 0.729. The summed E-state index contributed by atoms with van der Waals surface area (Å²) in [4.78, 5) is 12.1. The fraction of sp³-hybridized carbons (Fsp3) is 0.316. The van der Waals surface area contributed by atoms with Crippen LogP contribution in [0.2, 0.25) is 0 Å². The predicted octanol–water partition coefficient (Wildman–Crippen LogP) is 2.52. The fourth-order valence-corrected chi connectivity index (χ4v) is 4.47. The van der Waals surface area contributed by atoms with Crippen molar-refractivity contribution in [2.75, 3.05) is 24.6 Å². The first-order valence-corrected chi connectivity index (χ1v) is 9.92. The van der Waals surface area contributed by atoms with Gasteiger partial charge in [0.1, 0.15) is 11.5 Å². The second kappa shape index (κ2) is 7.48. The predicted molar refractivity (Wildman–Crippen MR) is 99.8 cm³/mol. The third kappa shape index (κ3) is 3.57. The molecule has 3 rings (SSSR count). The van der Waals surface area contributed by atoms with E-state index in [2.05, 4.69) is 0 Å². The molecule has 2 aromatic rings. The summed E-state index contributed by atoms with van der Waals surface area (Å²) >= 11 is 0. The minimum absolute atomic E-state index is 0.115. The van der Waals surface area contributed by atoms with Gasteiger partial charge in [-0.3, -0.25) is 4.31 Å². The summed E-state index contributed by atoms with van der Waals surface area (Å²) < 4.78 is 43.6. The lowest BCUT2D eigenvalue weighted by atomic mass is 10.2. The molecule has 2 aromatic carbocycles. The molecule has 0 radical (unpaired) electrons. The van der Waals surface area contributed by atoms with Gasteiger partial charge in [-0.15, -0.1) is 0 Å². The second-order valence-corrected chi connectivity index (χ2v) is 7.86. The number of para-hydroxylation sites is 2. The first kappa shape index (κ1) is 19.0. The van der Waals surface area contributed by atoms with Crippen LogP contribution in [0.15, 0.2) is 47.4 Å². The SMILES string of the molecule is CCOc1ccc(S(=O)(=O)N2C[C@@H](C(=O)OC)Oc3ccccc32)cc1C. The molecule has 1 heterocycles. The van der Waals surface area contributed by atoms with Gasteiger partial charge in [-0.1, -0.05) is 12.1 Å². The molecule has 1 atom stereocenters. The van der Waals surface area contributed by atoms with Gasteiger partial charge in [-0.05, 0) is 49.7 Å². The highest BCUT2D eigenvalue weighted by atomic mass is 32.2. The monoisotopic (exact) mass is 391 g/mol. The van der Waals surface area contributed by atoms with Crippen LogP contribution in [0.3, 0.4) is 0 Å². The van der Waals surface area contributed by atoms with Gasteiger partial charge >= 0.3 is 5.97 Å². The normalized spacial score (nSPS) is 16.3. The number of esters is 1. The van der Waals surface area contributed by atoms with Crippen molar-refractivity contribution in [3.8, 4) is 11.5 Å². The number of carbonyl (C=O) groups is 1. The van der Waals surface area contributed by atoms with Gasteiger partial charge < -0.3 is 14.2 Å². The van der Waals surface area contributed by atoms with Gasteiger partial charge in [-0.25, -0.2) is 13.2 Å². The molecule has 1 aliphatic heterocycles. The van der Waals surface area contributed by atoms with Gasteiger partial charge in [0.15, 0.2) is 0 Å². The Labute approximate surface area is 158 Å². The van der Waals surface area contributed by atoms with Crippen LogP contribution in [0.4, 0.5) is 5.69 Å². The zero-order valence-electron chi connectivity index (χ0n) is 15.3. The van der Waals surface area contributed by atoms with E-state index in [9.17, 15) is 13.2 Å². The van der Waals surface area contributed by atoms with E-state index < -0.39 is 22.1 Å². The van der Waals surface area contributed by atoms with Crippen LogP contribution in [0.1, 0.15) is 12.5 Å². The van der Waals surface area contributed by atoms with Crippen molar-refractivity contribution in [2.24, 2.45) is 0 Å². The smallest absolute Gasteiger partial charge is 0.348 e. The molecule has 7 nitrogen and oxygen atoms in total. The van der Waals surface area contributed by atoms with E-state index >= 15 is 0 Å². The van der Waals surface area contributed by atoms with Crippen LogP contribution in [0.25, 0.3) is 0 Å². The molecule has 0 aliphatic carbocycles. The maximum Gasteiger partial charge on any atom is 0.348 e. The topological polar surface area (TPSA) is 82.1 Å². The number of benzene rings is 2. The summed E-state index contributed by atoms with van der Waals surface area (Å²) in [5.74, 6) is 0.309. The largest absolute Gasteiger partial charge is 0.494 e. The molecule has 0 saturated carbocycles. The number of anilines is 1. The summed E-state index contributed by atoms with van der Waals surface area (Å²) in [6, 6.07) is 11.4. The number of carbonyl (C=O) groups excluding carboxylic acids is 1. The number of rotatable bonds is 5. The number of sulfonamides is 1. The van der Waals surface area contributed by atoms with Crippen LogP contribution in [-0.2, 0) is 19.6 Å². The Kier molecular flexibility index (Phi) is 5.27. The Morgan fingerprint density at radius 2 is 2.00 bits per heavy atom. The van der Waals surface area contributed by atoms with E-state index in [0.29, 0.717) is 29.4 Å². The molecule has 0 unspecified atom stereocenters. The molecule has 144 valence electrons. The highest BCUT2D eigenvalue weighted by Gasteiger charge is 2.38. The van der Waals surface area contributed by atoms with E-state index in [1.54, 1.807) is 43.3 Å². The maximum atomic E-state index is 13.3. The number of ether oxygens (including phenoxy) is 3. The minimum Gasteiger partial charge on any atom is -0.494 e. The van der Waals surface area contributed by atoms with Gasteiger partial charge in [-0.2, -0.15) is 0 Å². The van der Waals surface area contributed by atoms with Crippen molar-refractivity contribution in [2.45, 2.75) is 24.8 Å². The van der Waals surface area contributed by atoms with E-state index in [0.717, 1.165) is 0 Å². The number of methoxy groups -OCH3 is 1. The van der Waals surface area contributed by atoms with Crippen molar-refractivity contribution < 1.29 is 27.4 Å². The lowest BCUT2D eigenvalue weighted by molar-refractivity contribution is -0.148. The van der Waals surface area contributed by atoms with E-state index in [1.807, 2.05) is 6.92 Å². The van der Waals surface area contributed by atoms with Crippen molar-refractivity contribution in [1.29, 1.82) is 0 Å². The van der Waals surface area contributed by atoms with Gasteiger partial charge in [0, 0.05) is 0 Å². The van der Waals surface area contributed by atoms with Crippen LogP contribution in [-0.4, -0.2) is 40.8 Å². The zero-order valence-corrected chi connectivity index (χ0v) is 16.2. The lowest BCUT2D eigenvalue weighted by Gasteiger charge is -2.34. The Balaban J connectivity index is 2.04. The van der Waals surface area contributed by atoms with Gasteiger partial charge in [0.25, 0.3) is 10.0 Å². The number of aryl methyl sites for hydroxylation is 1. The van der Waals surface area contributed by atoms with Crippen LogP contribution >= 0.6 is 0 Å². The number of nitrogens with zero attached hydrogens (tertiary/aromatic N) is 1. The van der Waals surface area contributed by atoms with Crippen molar-refractivity contribution in [3.63, 3.8) is 0 Å². The summed E-state index contributed by atoms with van der Waals surface area (Å²) in [7, 11) is -2.68. The highest BCUT2D eigenvalue weighted by molar-refractivity contribution is 7.92. The Bertz CT molecular complexity index is 956. The molecule has 1 aliphatic rings. The molecule has 27 heavy (non-hydrogen) atoms. The standard InChI is InChI=1S/C19H21NO6S/c1-4-25-16-10-9-14(11-13(16)2)27(22,23)20-12-18(19(21)24-3)26-17-8-6-5-7-15(17)20/h5-11,18H,4,12H2,1-3H3/t18-/m0/s1. The zero-order chi connectivity index (χ0) is 19.6. The van der Waals surface area contributed by atoms with E-state index in [-0.39, 0.29) is 11.4 Å².